The summed E-state index contributed by atoms with van der Waals surface area (Å²) in [4.78, 5) is 18.0. The molecular formula is C14H20BrN3O2. The van der Waals surface area contributed by atoms with E-state index in [4.69, 9.17) is 4.74 Å². The van der Waals surface area contributed by atoms with E-state index in [2.05, 4.69) is 31.1 Å². The molecule has 110 valence electrons. The minimum absolute atomic E-state index is 0.116. The van der Waals surface area contributed by atoms with E-state index in [-0.39, 0.29) is 12.1 Å². The van der Waals surface area contributed by atoms with Crippen LogP contribution in [0, 0.1) is 0 Å². The van der Waals surface area contributed by atoms with Gasteiger partial charge in [0.25, 0.3) is 0 Å². The highest BCUT2D eigenvalue weighted by molar-refractivity contribution is 9.10. The molecule has 20 heavy (non-hydrogen) atoms. The molecule has 1 saturated heterocycles. The molecule has 1 aromatic heterocycles. The van der Waals surface area contributed by atoms with Crippen molar-refractivity contribution in [3.63, 3.8) is 0 Å². The normalized spacial score (nSPS) is 19.0. The molecule has 1 fully saturated rings. The number of hydrogen-bond acceptors (Lipinski definition) is 4. The van der Waals surface area contributed by atoms with Gasteiger partial charge in [-0.3, -0.25) is 4.98 Å². The Hall–Kier alpha value is -1.30. The minimum Gasteiger partial charge on any atom is -0.444 e. The summed E-state index contributed by atoms with van der Waals surface area (Å²) < 4.78 is 6.25. The van der Waals surface area contributed by atoms with Gasteiger partial charge in [-0.15, -0.1) is 0 Å². The summed E-state index contributed by atoms with van der Waals surface area (Å²) in [6.45, 7) is 7.27. The first-order chi connectivity index (χ1) is 9.35. The molecule has 1 atom stereocenters. The molecule has 1 amide bonds. The van der Waals surface area contributed by atoms with Crippen LogP contribution in [0.2, 0.25) is 0 Å². The van der Waals surface area contributed by atoms with Gasteiger partial charge >= 0.3 is 6.09 Å². The highest BCUT2D eigenvalue weighted by Crippen LogP contribution is 2.27. The van der Waals surface area contributed by atoms with Crippen molar-refractivity contribution in [3.8, 4) is 0 Å². The molecule has 6 heteroatoms. The molecule has 0 bridgehead atoms. The first-order valence-electron chi connectivity index (χ1n) is 6.69. The Morgan fingerprint density at radius 1 is 1.55 bits per heavy atom. The Kier molecular flexibility index (Phi) is 4.52. The van der Waals surface area contributed by atoms with E-state index < -0.39 is 5.60 Å². The number of pyridine rings is 1. The molecule has 1 unspecified atom stereocenters. The Morgan fingerprint density at radius 3 is 2.95 bits per heavy atom. The summed E-state index contributed by atoms with van der Waals surface area (Å²) >= 11 is 3.50. The van der Waals surface area contributed by atoms with Gasteiger partial charge in [0.05, 0.1) is 16.2 Å². The number of nitrogens with zero attached hydrogens (tertiary/aromatic N) is 2. The number of amides is 1. The minimum atomic E-state index is -0.462. The number of alkyl carbamates (subject to hydrolysis) is 1. The van der Waals surface area contributed by atoms with Crippen molar-refractivity contribution in [2.45, 2.75) is 38.8 Å². The monoisotopic (exact) mass is 341 g/mol. The smallest absolute Gasteiger partial charge is 0.407 e. The number of carbonyl (C=O) groups excluding carboxylic acids is 1. The third kappa shape index (κ3) is 4.10. The van der Waals surface area contributed by atoms with Crippen LogP contribution in [0.5, 0.6) is 0 Å². The Labute approximate surface area is 127 Å². The van der Waals surface area contributed by atoms with Crippen LogP contribution in [0.4, 0.5) is 10.5 Å². The summed E-state index contributed by atoms with van der Waals surface area (Å²) in [6.07, 6.45) is 4.12. The summed E-state index contributed by atoms with van der Waals surface area (Å²) in [5, 5.41) is 2.92. The van der Waals surface area contributed by atoms with Crippen LogP contribution >= 0.6 is 15.9 Å². The maximum atomic E-state index is 11.8. The maximum Gasteiger partial charge on any atom is 0.407 e. The van der Waals surface area contributed by atoms with Gasteiger partial charge < -0.3 is 15.0 Å². The predicted molar refractivity (Wildman–Crippen MR) is 81.9 cm³/mol. The van der Waals surface area contributed by atoms with Crippen molar-refractivity contribution in [1.29, 1.82) is 0 Å². The number of rotatable bonds is 2. The number of aromatic nitrogens is 1. The average molecular weight is 342 g/mol. The molecule has 1 aromatic rings. The molecule has 2 heterocycles. The van der Waals surface area contributed by atoms with Crippen LogP contribution in [0.15, 0.2) is 22.9 Å². The largest absolute Gasteiger partial charge is 0.444 e. The number of ether oxygens (including phenoxy) is 1. The SMILES string of the molecule is CC(C)(C)OC(=O)NC1CCN(c2ccncc2Br)C1. The van der Waals surface area contributed by atoms with Crippen molar-refractivity contribution < 1.29 is 9.53 Å². The molecular weight excluding hydrogens is 322 g/mol. The zero-order valence-corrected chi connectivity index (χ0v) is 13.6. The van der Waals surface area contributed by atoms with E-state index in [9.17, 15) is 4.79 Å². The maximum absolute atomic E-state index is 11.8. The third-order valence-electron chi connectivity index (χ3n) is 3.00. The summed E-state index contributed by atoms with van der Waals surface area (Å²) in [5.74, 6) is 0. The lowest BCUT2D eigenvalue weighted by Gasteiger charge is -2.22. The first kappa shape index (κ1) is 15.1. The van der Waals surface area contributed by atoms with E-state index >= 15 is 0 Å². The van der Waals surface area contributed by atoms with Crippen molar-refractivity contribution in [3.05, 3.63) is 22.9 Å². The number of nitrogens with one attached hydrogen (secondary N) is 1. The summed E-state index contributed by atoms with van der Waals surface area (Å²) in [5.41, 5.74) is 0.643. The van der Waals surface area contributed by atoms with Gasteiger partial charge in [-0.2, -0.15) is 0 Å². The molecule has 5 nitrogen and oxygen atoms in total. The predicted octanol–water partition coefficient (Wildman–Crippen LogP) is 2.95. The van der Waals surface area contributed by atoms with E-state index in [0.29, 0.717) is 0 Å². The quantitative estimate of drug-likeness (QED) is 0.898. The van der Waals surface area contributed by atoms with Gasteiger partial charge in [0.1, 0.15) is 5.60 Å². The zero-order chi connectivity index (χ0) is 14.8. The Morgan fingerprint density at radius 2 is 2.30 bits per heavy atom. The fourth-order valence-corrected chi connectivity index (χ4v) is 2.70. The van der Waals surface area contributed by atoms with E-state index in [1.54, 1.807) is 12.4 Å². The second kappa shape index (κ2) is 5.99. The summed E-state index contributed by atoms with van der Waals surface area (Å²) in [6, 6.07) is 2.09. The highest BCUT2D eigenvalue weighted by Gasteiger charge is 2.27. The Balaban J connectivity index is 1.90. The highest BCUT2D eigenvalue weighted by atomic mass is 79.9. The lowest BCUT2D eigenvalue weighted by Crippen LogP contribution is -2.40. The number of anilines is 1. The molecule has 0 saturated carbocycles. The summed E-state index contributed by atoms with van der Waals surface area (Å²) in [7, 11) is 0. The van der Waals surface area contributed by atoms with Crippen molar-refractivity contribution >= 4 is 27.7 Å². The van der Waals surface area contributed by atoms with Gasteiger partial charge in [0, 0.05) is 25.5 Å². The molecule has 0 aromatic carbocycles. The molecule has 1 N–H and O–H groups in total. The molecule has 1 aliphatic rings. The number of carbonyl (C=O) groups is 1. The number of halogens is 1. The van der Waals surface area contributed by atoms with E-state index in [1.807, 2.05) is 26.8 Å². The van der Waals surface area contributed by atoms with Crippen LogP contribution < -0.4 is 10.2 Å². The zero-order valence-electron chi connectivity index (χ0n) is 12.0. The van der Waals surface area contributed by atoms with Gasteiger partial charge in [0.15, 0.2) is 0 Å². The van der Waals surface area contributed by atoms with Crippen LogP contribution in [0.1, 0.15) is 27.2 Å². The molecule has 0 spiro atoms. The van der Waals surface area contributed by atoms with Gasteiger partial charge in [-0.25, -0.2) is 4.79 Å². The topological polar surface area (TPSA) is 54.5 Å². The standard InChI is InChI=1S/C14H20BrN3O2/c1-14(2,3)20-13(19)17-10-5-7-18(9-10)12-4-6-16-8-11(12)15/h4,6,8,10H,5,7,9H2,1-3H3,(H,17,19). The molecule has 2 rings (SSSR count). The van der Waals surface area contributed by atoms with E-state index in [1.165, 1.54) is 0 Å². The van der Waals surface area contributed by atoms with E-state index in [0.717, 1.165) is 29.7 Å². The van der Waals surface area contributed by atoms with Crippen molar-refractivity contribution in [1.82, 2.24) is 10.3 Å². The fraction of sp³-hybridized carbons (Fsp3) is 0.571. The van der Waals surface area contributed by atoms with Gasteiger partial charge in [0.2, 0.25) is 0 Å². The lowest BCUT2D eigenvalue weighted by atomic mass is 10.2. The number of hydrogen-bond donors (Lipinski definition) is 1. The van der Waals surface area contributed by atoms with Crippen LogP contribution in [0.3, 0.4) is 0 Å². The average Bonchev–Trinajstić information content (AvgIpc) is 2.75. The van der Waals surface area contributed by atoms with Crippen molar-refractivity contribution in [2.75, 3.05) is 18.0 Å². The van der Waals surface area contributed by atoms with Crippen LogP contribution in [-0.2, 0) is 4.74 Å². The second-order valence-electron chi connectivity index (χ2n) is 5.90. The second-order valence-corrected chi connectivity index (χ2v) is 6.76. The lowest BCUT2D eigenvalue weighted by molar-refractivity contribution is 0.0509. The van der Waals surface area contributed by atoms with Gasteiger partial charge in [-0.1, -0.05) is 0 Å². The van der Waals surface area contributed by atoms with Crippen LogP contribution in [-0.4, -0.2) is 35.8 Å². The fourth-order valence-electron chi connectivity index (χ4n) is 2.20. The first-order valence-corrected chi connectivity index (χ1v) is 7.48. The molecule has 0 radical (unpaired) electrons. The van der Waals surface area contributed by atoms with Crippen molar-refractivity contribution in [2.24, 2.45) is 0 Å². The van der Waals surface area contributed by atoms with Gasteiger partial charge in [-0.05, 0) is 49.2 Å². The van der Waals surface area contributed by atoms with Crippen LogP contribution in [0.25, 0.3) is 0 Å². The Bertz CT molecular complexity index is 488. The third-order valence-corrected chi connectivity index (χ3v) is 3.61. The molecule has 1 aliphatic heterocycles. The molecule has 0 aliphatic carbocycles.